The highest BCUT2D eigenvalue weighted by Crippen LogP contribution is 2.44. The molecule has 11 heteroatoms. The monoisotopic (exact) mass is 778 g/mol. The molecule has 0 fully saturated rings. The van der Waals surface area contributed by atoms with Crippen LogP contribution in [0.5, 0.6) is 11.6 Å². The molecule has 0 spiro atoms. The number of carbonyl (C=O) groups excluding carboxylic acids is 2. The fraction of sp³-hybridized carbons (Fsp3) is 0.422. The van der Waals surface area contributed by atoms with Crippen molar-refractivity contribution < 1.29 is 28.5 Å². The second kappa shape index (κ2) is 16.2. The number of hydrogen-bond donors (Lipinski definition) is 0. The molecule has 0 unspecified atom stereocenters. The molecule has 56 heavy (non-hydrogen) atoms. The molecule has 1 atom stereocenters. The standard InChI is InChI=1S/C45H54N4O6S/c1-11-53-41(50)45(8,9)26-35-31(16-18-34(40(35)56-44(5,6)7)36-19-21-39(52-10)47-46-36)27-48-23-22-30-25-33(17-20-37(30)48)54-28-32-24-29-14-12-13-15-38(29)49(32)42(51)55-43(2,3)4/h12-23,25,32H,11,24,26-28H2,1-10H3/t32-/m0/s1. The molecule has 0 N–H and O–H groups in total. The molecule has 5 aromatic rings. The minimum absolute atomic E-state index is 0.141. The van der Waals surface area contributed by atoms with E-state index >= 15 is 0 Å². The second-order valence-corrected chi connectivity index (χ2v) is 18.7. The van der Waals surface area contributed by atoms with Gasteiger partial charge in [-0.15, -0.1) is 22.0 Å². The van der Waals surface area contributed by atoms with Crippen molar-refractivity contribution >= 4 is 40.4 Å². The molecule has 0 saturated heterocycles. The number of thioether (sulfide) groups is 1. The lowest BCUT2D eigenvalue weighted by Crippen LogP contribution is -2.44. The third kappa shape index (κ3) is 9.32. The van der Waals surface area contributed by atoms with Crippen LogP contribution in [-0.4, -0.2) is 63.5 Å². The lowest BCUT2D eigenvalue weighted by atomic mass is 9.83. The van der Waals surface area contributed by atoms with E-state index in [9.17, 15) is 9.59 Å². The number of nitrogens with zero attached hydrogens (tertiary/aromatic N) is 4. The lowest BCUT2D eigenvalue weighted by molar-refractivity contribution is -0.153. The van der Waals surface area contributed by atoms with Gasteiger partial charge in [0.1, 0.15) is 18.0 Å². The number of ether oxygens (including phenoxy) is 4. The predicted molar refractivity (Wildman–Crippen MR) is 223 cm³/mol. The fourth-order valence-corrected chi connectivity index (χ4v) is 8.20. The molecule has 1 aliphatic heterocycles. The highest BCUT2D eigenvalue weighted by molar-refractivity contribution is 8.00. The number of aromatic nitrogens is 3. The van der Waals surface area contributed by atoms with Gasteiger partial charge in [0.25, 0.3) is 0 Å². The van der Waals surface area contributed by atoms with Crippen LogP contribution in [0.1, 0.15) is 79.0 Å². The number of rotatable bonds is 12. The van der Waals surface area contributed by atoms with E-state index in [0.29, 0.717) is 38.5 Å². The maximum atomic E-state index is 13.4. The van der Waals surface area contributed by atoms with Gasteiger partial charge in [-0.2, -0.15) is 0 Å². The molecule has 0 radical (unpaired) electrons. The fourth-order valence-electron chi connectivity index (χ4n) is 6.98. The van der Waals surface area contributed by atoms with Crippen LogP contribution in [0, 0.1) is 5.41 Å². The summed E-state index contributed by atoms with van der Waals surface area (Å²) in [5, 5.41) is 9.82. The predicted octanol–water partition coefficient (Wildman–Crippen LogP) is 9.92. The van der Waals surface area contributed by atoms with Gasteiger partial charge in [-0.25, -0.2) is 4.79 Å². The summed E-state index contributed by atoms with van der Waals surface area (Å²) >= 11 is 1.76. The number of hydrogen-bond acceptors (Lipinski definition) is 9. The van der Waals surface area contributed by atoms with E-state index in [1.807, 2.05) is 84.0 Å². The van der Waals surface area contributed by atoms with E-state index in [1.54, 1.807) is 23.8 Å². The van der Waals surface area contributed by atoms with Crippen LogP contribution >= 0.6 is 11.8 Å². The van der Waals surface area contributed by atoms with Crippen molar-refractivity contribution in [1.82, 2.24) is 14.8 Å². The Morgan fingerprint density at radius 2 is 1.68 bits per heavy atom. The van der Waals surface area contributed by atoms with E-state index in [1.165, 1.54) is 0 Å². The Balaban J connectivity index is 1.31. The molecule has 6 rings (SSSR count). The molecule has 0 saturated carbocycles. The number of esters is 1. The third-order valence-corrected chi connectivity index (χ3v) is 10.8. The Morgan fingerprint density at radius 1 is 0.911 bits per heavy atom. The average molecular weight is 779 g/mol. The summed E-state index contributed by atoms with van der Waals surface area (Å²) in [5.41, 5.74) is 5.46. The Hall–Kier alpha value is -5.03. The number of amides is 1. The van der Waals surface area contributed by atoms with Gasteiger partial charge >= 0.3 is 12.1 Å². The highest BCUT2D eigenvalue weighted by atomic mass is 32.2. The van der Waals surface area contributed by atoms with Crippen molar-refractivity contribution in [3.8, 4) is 22.9 Å². The summed E-state index contributed by atoms with van der Waals surface area (Å²) in [7, 11) is 1.57. The van der Waals surface area contributed by atoms with Crippen molar-refractivity contribution in [3.05, 3.63) is 95.7 Å². The van der Waals surface area contributed by atoms with E-state index in [4.69, 9.17) is 18.9 Å². The van der Waals surface area contributed by atoms with Gasteiger partial charge < -0.3 is 23.5 Å². The molecule has 1 amide bonds. The molecule has 1 aliphatic rings. The SMILES string of the molecule is CCOC(=O)C(C)(C)Cc1c(Cn2ccc3cc(OC[C@@H]4Cc5ccccc5N4C(=O)OC(C)(C)C)ccc32)ccc(-c2ccc(OC)nn2)c1SC(C)(C)C. The maximum absolute atomic E-state index is 13.4. The minimum atomic E-state index is -0.785. The zero-order valence-corrected chi connectivity index (χ0v) is 35.1. The molecule has 0 aliphatic carbocycles. The normalized spacial score (nSPS) is 14.5. The maximum Gasteiger partial charge on any atom is 0.415 e. The third-order valence-electron chi connectivity index (χ3n) is 9.53. The summed E-state index contributed by atoms with van der Waals surface area (Å²) in [4.78, 5) is 29.5. The summed E-state index contributed by atoms with van der Waals surface area (Å²) in [6, 6.07) is 23.9. The number of benzene rings is 3. The molecule has 2 aromatic heterocycles. The van der Waals surface area contributed by atoms with Crippen molar-refractivity contribution in [1.29, 1.82) is 0 Å². The highest BCUT2D eigenvalue weighted by Gasteiger charge is 2.37. The lowest BCUT2D eigenvalue weighted by Gasteiger charge is -2.29. The van der Waals surface area contributed by atoms with Gasteiger partial charge in [0.05, 0.1) is 36.6 Å². The Morgan fingerprint density at radius 3 is 2.36 bits per heavy atom. The molecule has 3 heterocycles. The largest absolute Gasteiger partial charge is 0.491 e. The summed E-state index contributed by atoms with van der Waals surface area (Å²) < 4.78 is 25.1. The summed E-state index contributed by atoms with van der Waals surface area (Å²) in [5.74, 6) is 0.932. The Bertz CT molecular complexity index is 2200. The van der Waals surface area contributed by atoms with Crippen LogP contribution in [-0.2, 0) is 33.7 Å². The van der Waals surface area contributed by atoms with Crippen molar-refractivity contribution in [2.45, 2.75) is 103 Å². The van der Waals surface area contributed by atoms with Crippen LogP contribution in [0.3, 0.4) is 0 Å². The topological polar surface area (TPSA) is 105 Å². The molecule has 296 valence electrons. The first-order valence-electron chi connectivity index (χ1n) is 19.2. The number of anilines is 1. The molecule has 0 bridgehead atoms. The second-order valence-electron chi connectivity index (χ2n) is 16.8. The van der Waals surface area contributed by atoms with Gasteiger partial charge in [-0.3, -0.25) is 9.69 Å². The van der Waals surface area contributed by atoms with Crippen molar-refractivity contribution in [3.63, 3.8) is 0 Å². The Labute approximate surface area is 334 Å². The number of methoxy groups -OCH3 is 1. The minimum Gasteiger partial charge on any atom is -0.491 e. The molecule has 10 nitrogen and oxygen atoms in total. The van der Waals surface area contributed by atoms with E-state index < -0.39 is 11.0 Å². The summed E-state index contributed by atoms with van der Waals surface area (Å²) in [6.07, 6.45) is 2.87. The number of fused-ring (bicyclic) bond motifs is 2. The van der Waals surface area contributed by atoms with Gasteiger partial charge in [-0.05, 0) is 107 Å². The average Bonchev–Trinajstić information content (AvgIpc) is 3.71. The van der Waals surface area contributed by atoms with Crippen LogP contribution < -0.4 is 14.4 Å². The van der Waals surface area contributed by atoms with Gasteiger partial charge in [0.15, 0.2) is 0 Å². The molecular formula is C45H54N4O6S. The zero-order chi connectivity index (χ0) is 40.4. The smallest absolute Gasteiger partial charge is 0.415 e. The van der Waals surface area contributed by atoms with E-state index in [-0.39, 0.29) is 22.9 Å². The quantitative estimate of drug-likeness (QED) is 0.0904. The Kier molecular flexibility index (Phi) is 11.8. The van der Waals surface area contributed by atoms with E-state index in [2.05, 4.69) is 72.1 Å². The first-order valence-corrected chi connectivity index (χ1v) is 20.0. The van der Waals surface area contributed by atoms with Crippen LogP contribution in [0.4, 0.5) is 10.5 Å². The molecule has 3 aromatic carbocycles. The molecular weight excluding hydrogens is 725 g/mol. The van der Waals surface area contributed by atoms with Crippen LogP contribution in [0.2, 0.25) is 0 Å². The van der Waals surface area contributed by atoms with Gasteiger partial charge in [0, 0.05) is 44.9 Å². The van der Waals surface area contributed by atoms with Crippen molar-refractivity contribution in [2.24, 2.45) is 5.41 Å². The van der Waals surface area contributed by atoms with Crippen LogP contribution in [0.25, 0.3) is 22.2 Å². The van der Waals surface area contributed by atoms with E-state index in [0.717, 1.165) is 55.2 Å². The first kappa shape index (κ1) is 40.6. The summed E-state index contributed by atoms with van der Waals surface area (Å²) in [6.45, 7) is 19.1. The van der Waals surface area contributed by atoms with Crippen molar-refractivity contribution in [2.75, 3.05) is 25.2 Å². The number of para-hydroxylation sites is 1. The zero-order valence-electron chi connectivity index (χ0n) is 34.3. The van der Waals surface area contributed by atoms with Gasteiger partial charge in [0.2, 0.25) is 5.88 Å². The number of carbonyl (C=O) groups is 2. The first-order chi connectivity index (χ1) is 26.5. The van der Waals surface area contributed by atoms with Gasteiger partial charge in [-0.1, -0.05) is 51.1 Å². The van der Waals surface area contributed by atoms with Crippen LogP contribution in [0.15, 0.2) is 83.9 Å².